The molecule has 3 aromatic rings. The Kier molecular flexibility index (Phi) is 8.81. The number of ether oxygens (including phenoxy) is 1. The first kappa shape index (κ1) is 24.7. The number of amides is 2. The maximum Gasteiger partial charge on any atom is 0.319 e. The van der Waals surface area contributed by atoms with Crippen LogP contribution in [0.4, 0.5) is 16.3 Å². The number of benzene rings is 1. The summed E-state index contributed by atoms with van der Waals surface area (Å²) < 4.78 is 7.62. The van der Waals surface area contributed by atoms with Gasteiger partial charge in [0.1, 0.15) is 11.8 Å². The van der Waals surface area contributed by atoms with Gasteiger partial charge < -0.3 is 30.6 Å². The zero-order valence-electron chi connectivity index (χ0n) is 19.2. The van der Waals surface area contributed by atoms with E-state index in [2.05, 4.69) is 30.5 Å². The molecule has 2 heterocycles. The lowest BCUT2D eigenvalue weighted by Gasteiger charge is -2.23. The summed E-state index contributed by atoms with van der Waals surface area (Å²) in [5.74, 6) is 0.381. The van der Waals surface area contributed by atoms with Crippen LogP contribution in [0.5, 0.6) is 0 Å². The summed E-state index contributed by atoms with van der Waals surface area (Å²) in [6, 6.07) is 5.19. The summed E-state index contributed by atoms with van der Waals surface area (Å²) in [6.07, 6.45) is 4.84. The molecule has 2 aromatic heterocycles. The van der Waals surface area contributed by atoms with E-state index in [4.69, 9.17) is 22.1 Å². The number of nitrogens with one attached hydrogen (secondary N) is 2. The SMILES string of the molecule is COC(CCn1cnc2c(N)ncnc21)CN(C)CCCNC(=O)Nc1ccc(C)c(Cl)c1. The number of imidazole rings is 1. The van der Waals surface area contributed by atoms with Crippen molar-refractivity contribution in [2.75, 3.05) is 44.8 Å². The minimum atomic E-state index is -0.246. The van der Waals surface area contributed by atoms with Crippen molar-refractivity contribution in [3.8, 4) is 0 Å². The van der Waals surface area contributed by atoms with Gasteiger partial charge in [-0.2, -0.15) is 0 Å². The van der Waals surface area contributed by atoms with Gasteiger partial charge in [0.2, 0.25) is 0 Å². The van der Waals surface area contributed by atoms with Crippen molar-refractivity contribution in [2.24, 2.45) is 0 Å². The lowest BCUT2D eigenvalue weighted by Crippen LogP contribution is -2.35. The molecule has 4 N–H and O–H groups in total. The predicted octanol–water partition coefficient (Wildman–Crippen LogP) is 2.92. The summed E-state index contributed by atoms with van der Waals surface area (Å²) in [5, 5.41) is 6.29. The number of hydrogen-bond donors (Lipinski definition) is 3. The molecule has 1 atom stereocenters. The van der Waals surface area contributed by atoms with Crippen LogP contribution < -0.4 is 16.4 Å². The molecule has 0 bridgehead atoms. The summed E-state index contributed by atoms with van der Waals surface area (Å²) in [7, 11) is 3.76. The zero-order chi connectivity index (χ0) is 23.8. The highest BCUT2D eigenvalue weighted by molar-refractivity contribution is 6.31. The van der Waals surface area contributed by atoms with Gasteiger partial charge in [-0.05, 0) is 51.1 Å². The van der Waals surface area contributed by atoms with E-state index in [1.54, 1.807) is 19.5 Å². The molecule has 1 unspecified atom stereocenters. The van der Waals surface area contributed by atoms with E-state index in [0.717, 1.165) is 37.1 Å². The Morgan fingerprint density at radius 2 is 2.15 bits per heavy atom. The quantitative estimate of drug-likeness (QED) is 0.365. The average Bonchev–Trinajstić information content (AvgIpc) is 3.21. The van der Waals surface area contributed by atoms with Crippen molar-refractivity contribution in [2.45, 2.75) is 32.4 Å². The first-order valence-electron chi connectivity index (χ1n) is 10.8. The molecule has 11 heteroatoms. The van der Waals surface area contributed by atoms with Crippen LogP contribution in [0.25, 0.3) is 11.2 Å². The highest BCUT2D eigenvalue weighted by Crippen LogP contribution is 2.19. The number of hydrogen-bond acceptors (Lipinski definition) is 7. The first-order valence-corrected chi connectivity index (χ1v) is 11.2. The Labute approximate surface area is 198 Å². The predicted molar refractivity (Wildman–Crippen MR) is 130 cm³/mol. The summed E-state index contributed by atoms with van der Waals surface area (Å²) in [5.41, 5.74) is 8.83. The van der Waals surface area contributed by atoms with Crippen molar-refractivity contribution in [1.82, 2.24) is 29.7 Å². The maximum absolute atomic E-state index is 12.1. The Morgan fingerprint density at radius 3 is 2.91 bits per heavy atom. The van der Waals surface area contributed by atoms with Gasteiger partial charge >= 0.3 is 6.03 Å². The van der Waals surface area contributed by atoms with Gasteiger partial charge in [-0.3, -0.25) is 0 Å². The van der Waals surface area contributed by atoms with Crippen molar-refractivity contribution in [3.05, 3.63) is 41.4 Å². The van der Waals surface area contributed by atoms with Gasteiger partial charge in [-0.1, -0.05) is 17.7 Å². The largest absolute Gasteiger partial charge is 0.382 e. The molecule has 0 aliphatic rings. The molecule has 0 aliphatic carbocycles. The number of halogens is 1. The monoisotopic (exact) mass is 474 g/mol. The Bertz CT molecular complexity index is 1070. The van der Waals surface area contributed by atoms with Crippen molar-refractivity contribution < 1.29 is 9.53 Å². The van der Waals surface area contributed by atoms with E-state index >= 15 is 0 Å². The number of aryl methyl sites for hydroxylation is 2. The minimum Gasteiger partial charge on any atom is -0.382 e. The smallest absolute Gasteiger partial charge is 0.319 e. The summed E-state index contributed by atoms with van der Waals surface area (Å²) in [4.78, 5) is 26.8. The molecular formula is C22H31ClN8O2. The average molecular weight is 475 g/mol. The molecule has 0 fully saturated rings. The van der Waals surface area contributed by atoms with Gasteiger partial charge in [0.25, 0.3) is 0 Å². The molecule has 10 nitrogen and oxygen atoms in total. The van der Waals surface area contributed by atoms with Gasteiger partial charge in [0.05, 0.1) is 12.4 Å². The lowest BCUT2D eigenvalue weighted by molar-refractivity contribution is 0.0622. The van der Waals surface area contributed by atoms with Crippen LogP contribution in [-0.2, 0) is 11.3 Å². The first-order chi connectivity index (χ1) is 15.9. The fourth-order valence-corrected chi connectivity index (χ4v) is 3.65. The number of urea groups is 1. The van der Waals surface area contributed by atoms with Gasteiger partial charge in [0.15, 0.2) is 11.5 Å². The molecule has 0 aliphatic heterocycles. The molecule has 2 amide bonds. The topological polar surface area (TPSA) is 123 Å². The van der Waals surface area contributed by atoms with Crippen LogP contribution in [0.3, 0.4) is 0 Å². The van der Waals surface area contributed by atoms with Gasteiger partial charge in [0, 0.05) is 37.5 Å². The van der Waals surface area contributed by atoms with Crippen LogP contribution in [0.1, 0.15) is 18.4 Å². The van der Waals surface area contributed by atoms with Crippen LogP contribution in [-0.4, -0.2) is 70.3 Å². The van der Waals surface area contributed by atoms with Crippen molar-refractivity contribution in [1.29, 1.82) is 0 Å². The third-order valence-corrected chi connectivity index (χ3v) is 5.81. The molecule has 33 heavy (non-hydrogen) atoms. The summed E-state index contributed by atoms with van der Waals surface area (Å²) >= 11 is 6.09. The maximum atomic E-state index is 12.1. The molecular weight excluding hydrogens is 444 g/mol. The van der Waals surface area contributed by atoms with Crippen LogP contribution >= 0.6 is 11.6 Å². The van der Waals surface area contributed by atoms with E-state index in [-0.39, 0.29) is 12.1 Å². The lowest BCUT2D eigenvalue weighted by atomic mass is 10.2. The number of nitrogens with zero attached hydrogens (tertiary/aromatic N) is 5. The Hall–Kier alpha value is -2.95. The third kappa shape index (κ3) is 7.01. The number of methoxy groups -OCH3 is 1. The molecule has 0 saturated heterocycles. The van der Waals surface area contributed by atoms with Gasteiger partial charge in [-0.15, -0.1) is 0 Å². The standard InChI is InChI=1S/C22H31ClN8O2/c1-15-5-6-16(11-18(15)23)29-22(32)25-8-4-9-30(2)12-17(33-3)7-10-31-14-28-19-20(24)26-13-27-21(19)31/h5-6,11,13-14,17H,4,7-10,12H2,1-3H3,(H2,24,26,27)(H2,25,29,32). The second kappa shape index (κ2) is 11.8. The Balaban J connectivity index is 1.36. The number of fused-ring (bicyclic) bond motifs is 1. The normalized spacial score (nSPS) is 12.3. The van der Waals surface area contributed by atoms with Crippen LogP contribution in [0.2, 0.25) is 5.02 Å². The third-order valence-electron chi connectivity index (χ3n) is 5.40. The second-order valence-corrected chi connectivity index (χ2v) is 8.38. The molecule has 178 valence electrons. The highest BCUT2D eigenvalue weighted by atomic mass is 35.5. The van der Waals surface area contributed by atoms with E-state index in [9.17, 15) is 4.79 Å². The number of anilines is 2. The van der Waals surface area contributed by atoms with Crippen molar-refractivity contribution in [3.63, 3.8) is 0 Å². The number of aromatic nitrogens is 4. The van der Waals surface area contributed by atoms with Crippen LogP contribution in [0.15, 0.2) is 30.9 Å². The summed E-state index contributed by atoms with van der Waals surface area (Å²) in [6.45, 7) is 4.80. The van der Waals surface area contributed by atoms with Crippen molar-refractivity contribution >= 4 is 40.3 Å². The second-order valence-electron chi connectivity index (χ2n) is 7.98. The molecule has 1 aromatic carbocycles. The minimum absolute atomic E-state index is 0.0502. The van der Waals surface area contributed by atoms with Gasteiger partial charge in [-0.25, -0.2) is 19.7 Å². The Morgan fingerprint density at radius 1 is 1.33 bits per heavy atom. The van der Waals surface area contributed by atoms with E-state index in [1.165, 1.54) is 6.33 Å². The number of carbonyl (C=O) groups is 1. The fourth-order valence-electron chi connectivity index (χ4n) is 3.46. The van der Waals surface area contributed by atoms with Crippen LogP contribution in [0, 0.1) is 6.92 Å². The van der Waals surface area contributed by atoms with E-state index in [1.807, 2.05) is 30.7 Å². The number of nitrogens with two attached hydrogens (primary N) is 1. The molecule has 3 rings (SSSR count). The highest BCUT2D eigenvalue weighted by Gasteiger charge is 2.13. The molecule has 0 spiro atoms. The fraction of sp³-hybridized carbons (Fsp3) is 0.455. The number of nitrogen functional groups attached to an aromatic ring is 1. The number of likely N-dealkylation sites (N-methyl/N-ethyl adjacent to an activating group) is 1. The number of carbonyl (C=O) groups excluding carboxylic acids is 1. The molecule has 0 radical (unpaired) electrons. The van der Waals surface area contributed by atoms with E-state index < -0.39 is 0 Å². The number of rotatable bonds is 11. The molecule has 0 saturated carbocycles. The van der Waals surface area contributed by atoms with E-state index in [0.29, 0.717) is 35.1 Å². The zero-order valence-corrected chi connectivity index (χ0v) is 20.0.